The zero-order valence-electron chi connectivity index (χ0n) is 8.51. The van der Waals surface area contributed by atoms with Crippen molar-refractivity contribution in [2.75, 3.05) is 7.11 Å². The first-order valence-electron chi connectivity index (χ1n) is 4.98. The first-order valence-corrected chi connectivity index (χ1v) is 4.98. The third-order valence-electron chi connectivity index (χ3n) is 2.56. The minimum Gasteiger partial charge on any atom is -0.469 e. The highest BCUT2D eigenvalue weighted by atomic mass is 16.5. The highest BCUT2D eigenvalue weighted by Crippen LogP contribution is 2.25. The molecule has 0 fully saturated rings. The minimum absolute atomic E-state index is 0.0980. The summed E-state index contributed by atoms with van der Waals surface area (Å²) in [5.74, 6) is 0.598. The molecule has 0 spiro atoms. The molecule has 0 aromatic carbocycles. The fraction of sp³-hybridized carbons (Fsp3) is 0.727. The maximum atomic E-state index is 10.9. The van der Waals surface area contributed by atoms with E-state index in [0.29, 0.717) is 12.3 Å². The van der Waals surface area contributed by atoms with Gasteiger partial charge in [0.2, 0.25) is 0 Å². The van der Waals surface area contributed by atoms with Crippen LogP contribution in [-0.4, -0.2) is 13.1 Å². The van der Waals surface area contributed by atoms with Gasteiger partial charge in [0.25, 0.3) is 0 Å². The minimum atomic E-state index is -0.0980. The smallest absolute Gasteiger partial charge is 0.305 e. The van der Waals surface area contributed by atoms with E-state index in [1.807, 2.05) is 0 Å². The summed E-state index contributed by atoms with van der Waals surface area (Å²) in [6.07, 6.45) is 7.47. The monoisotopic (exact) mass is 182 g/mol. The number of allylic oxidation sites excluding steroid dienone is 2. The second-order valence-corrected chi connectivity index (χ2v) is 3.77. The number of carbonyl (C=O) groups is 1. The van der Waals surface area contributed by atoms with Gasteiger partial charge in [-0.1, -0.05) is 18.6 Å². The molecule has 0 radical (unpaired) electrons. The Hall–Kier alpha value is -0.790. The Balaban J connectivity index is 2.32. The van der Waals surface area contributed by atoms with Gasteiger partial charge in [0, 0.05) is 6.42 Å². The largest absolute Gasteiger partial charge is 0.469 e. The maximum absolute atomic E-state index is 10.9. The molecule has 74 valence electrons. The van der Waals surface area contributed by atoms with Gasteiger partial charge in [-0.05, 0) is 31.6 Å². The second kappa shape index (κ2) is 5.05. The van der Waals surface area contributed by atoms with Crippen LogP contribution in [0.25, 0.3) is 0 Å². The molecule has 0 saturated carbocycles. The van der Waals surface area contributed by atoms with Gasteiger partial charge in [0.1, 0.15) is 0 Å². The molecule has 0 amide bonds. The number of ether oxygens (including phenoxy) is 1. The quantitative estimate of drug-likeness (QED) is 0.495. The standard InChI is InChI=1S/C11H18O2/c1-9-4-3-5-10(8-9)6-7-11(12)13-2/h8-9H,3-7H2,1-2H3. The molecule has 1 unspecified atom stereocenters. The molecular weight excluding hydrogens is 164 g/mol. The summed E-state index contributed by atoms with van der Waals surface area (Å²) in [7, 11) is 1.44. The summed E-state index contributed by atoms with van der Waals surface area (Å²) < 4.78 is 4.60. The van der Waals surface area contributed by atoms with Gasteiger partial charge in [-0.25, -0.2) is 0 Å². The predicted molar refractivity (Wildman–Crippen MR) is 52.3 cm³/mol. The Kier molecular flexibility index (Phi) is 4.00. The molecule has 0 aromatic heterocycles. The van der Waals surface area contributed by atoms with Crippen LogP contribution in [0, 0.1) is 5.92 Å². The Labute approximate surface area is 80.0 Å². The number of methoxy groups -OCH3 is 1. The van der Waals surface area contributed by atoms with Crippen LogP contribution in [0.3, 0.4) is 0 Å². The summed E-state index contributed by atoms with van der Waals surface area (Å²) in [4.78, 5) is 10.9. The number of esters is 1. The van der Waals surface area contributed by atoms with Crippen molar-refractivity contribution in [1.82, 2.24) is 0 Å². The first kappa shape index (κ1) is 10.3. The van der Waals surface area contributed by atoms with Crippen molar-refractivity contribution in [3.05, 3.63) is 11.6 Å². The summed E-state index contributed by atoms with van der Waals surface area (Å²) >= 11 is 0. The highest BCUT2D eigenvalue weighted by molar-refractivity contribution is 5.69. The molecule has 1 aliphatic carbocycles. The maximum Gasteiger partial charge on any atom is 0.305 e. The molecule has 0 saturated heterocycles. The van der Waals surface area contributed by atoms with E-state index in [9.17, 15) is 4.79 Å². The third-order valence-corrected chi connectivity index (χ3v) is 2.56. The van der Waals surface area contributed by atoms with Crippen LogP contribution in [0.2, 0.25) is 0 Å². The van der Waals surface area contributed by atoms with E-state index in [0.717, 1.165) is 6.42 Å². The fourth-order valence-corrected chi connectivity index (χ4v) is 1.79. The van der Waals surface area contributed by atoms with Crippen molar-refractivity contribution in [2.45, 2.75) is 39.0 Å². The Bertz CT molecular complexity index is 206. The van der Waals surface area contributed by atoms with Gasteiger partial charge in [-0.15, -0.1) is 0 Å². The Morgan fingerprint density at radius 1 is 1.69 bits per heavy atom. The lowest BCUT2D eigenvalue weighted by molar-refractivity contribution is -0.140. The molecule has 2 heteroatoms. The molecule has 0 aromatic rings. The van der Waals surface area contributed by atoms with Gasteiger partial charge in [0.15, 0.2) is 0 Å². The molecule has 0 heterocycles. The van der Waals surface area contributed by atoms with Gasteiger partial charge >= 0.3 is 5.97 Å². The van der Waals surface area contributed by atoms with Gasteiger partial charge < -0.3 is 4.74 Å². The molecular formula is C11H18O2. The van der Waals surface area contributed by atoms with Crippen LogP contribution in [0.4, 0.5) is 0 Å². The third kappa shape index (κ3) is 3.62. The number of rotatable bonds is 3. The molecule has 1 rings (SSSR count). The van der Waals surface area contributed by atoms with E-state index in [2.05, 4.69) is 17.7 Å². The molecule has 0 N–H and O–H groups in total. The second-order valence-electron chi connectivity index (χ2n) is 3.77. The molecule has 2 nitrogen and oxygen atoms in total. The van der Waals surface area contributed by atoms with E-state index in [1.54, 1.807) is 0 Å². The van der Waals surface area contributed by atoms with Crippen LogP contribution in [0.5, 0.6) is 0 Å². The lowest BCUT2D eigenvalue weighted by atomic mass is 9.90. The molecule has 13 heavy (non-hydrogen) atoms. The predicted octanol–water partition coefficient (Wildman–Crippen LogP) is 2.69. The molecule has 1 atom stereocenters. The van der Waals surface area contributed by atoms with Gasteiger partial charge in [0.05, 0.1) is 7.11 Å². The first-order chi connectivity index (χ1) is 6.22. The van der Waals surface area contributed by atoms with Gasteiger partial charge in [-0.2, -0.15) is 0 Å². The van der Waals surface area contributed by atoms with Crippen LogP contribution < -0.4 is 0 Å². The summed E-state index contributed by atoms with van der Waals surface area (Å²) in [5, 5.41) is 0. The van der Waals surface area contributed by atoms with Crippen molar-refractivity contribution in [3.8, 4) is 0 Å². The zero-order chi connectivity index (χ0) is 9.68. The SMILES string of the molecule is COC(=O)CCC1=CC(C)CCC1. The summed E-state index contributed by atoms with van der Waals surface area (Å²) in [5.41, 5.74) is 1.43. The molecule has 0 bridgehead atoms. The van der Waals surface area contributed by atoms with Crippen LogP contribution >= 0.6 is 0 Å². The Morgan fingerprint density at radius 3 is 3.08 bits per heavy atom. The number of hydrogen-bond acceptors (Lipinski definition) is 2. The normalized spacial score (nSPS) is 22.3. The zero-order valence-corrected chi connectivity index (χ0v) is 8.51. The van der Waals surface area contributed by atoms with Crippen molar-refractivity contribution in [1.29, 1.82) is 0 Å². The Morgan fingerprint density at radius 2 is 2.46 bits per heavy atom. The van der Waals surface area contributed by atoms with Crippen molar-refractivity contribution in [2.24, 2.45) is 5.92 Å². The lowest BCUT2D eigenvalue weighted by Crippen LogP contribution is -2.04. The molecule has 0 aliphatic heterocycles. The summed E-state index contributed by atoms with van der Waals surface area (Å²) in [6, 6.07) is 0. The van der Waals surface area contributed by atoms with E-state index >= 15 is 0 Å². The van der Waals surface area contributed by atoms with Crippen molar-refractivity contribution < 1.29 is 9.53 Å². The average molecular weight is 182 g/mol. The van der Waals surface area contributed by atoms with Crippen molar-refractivity contribution >= 4 is 5.97 Å². The number of carbonyl (C=O) groups excluding carboxylic acids is 1. The molecule has 1 aliphatic rings. The van der Waals surface area contributed by atoms with E-state index in [-0.39, 0.29) is 5.97 Å². The average Bonchev–Trinajstić information content (AvgIpc) is 2.14. The van der Waals surface area contributed by atoms with Crippen LogP contribution in [0.15, 0.2) is 11.6 Å². The van der Waals surface area contributed by atoms with E-state index in [4.69, 9.17) is 0 Å². The number of hydrogen-bond donors (Lipinski definition) is 0. The summed E-state index contributed by atoms with van der Waals surface area (Å²) in [6.45, 7) is 2.23. The van der Waals surface area contributed by atoms with Crippen LogP contribution in [-0.2, 0) is 9.53 Å². The van der Waals surface area contributed by atoms with Crippen LogP contribution in [0.1, 0.15) is 39.0 Å². The van der Waals surface area contributed by atoms with E-state index in [1.165, 1.54) is 31.9 Å². The van der Waals surface area contributed by atoms with E-state index < -0.39 is 0 Å². The lowest BCUT2D eigenvalue weighted by Gasteiger charge is -2.17. The van der Waals surface area contributed by atoms with Gasteiger partial charge in [-0.3, -0.25) is 4.79 Å². The fourth-order valence-electron chi connectivity index (χ4n) is 1.79. The van der Waals surface area contributed by atoms with Crippen molar-refractivity contribution in [3.63, 3.8) is 0 Å². The topological polar surface area (TPSA) is 26.3 Å². The highest BCUT2D eigenvalue weighted by Gasteiger charge is 2.10.